The Morgan fingerprint density at radius 3 is 2.64 bits per heavy atom. The van der Waals surface area contributed by atoms with Gasteiger partial charge < -0.3 is 31.6 Å². The number of benzene rings is 1. The molecule has 2 fully saturated rings. The average Bonchev–Trinajstić information content (AvgIpc) is 2.85. The van der Waals surface area contributed by atoms with E-state index >= 15 is 0 Å². The summed E-state index contributed by atoms with van der Waals surface area (Å²) >= 11 is 0. The van der Waals surface area contributed by atoms with Gasteiger partial charge in [-0.1, -0.05) is 25.0 Å². The first-order valence-electron chi connectivity index (χ1n) is 12.8. The molecule has 2 unspecified atom stereocenters. The number of carboxylic acid groups (broad SMARTS) is 1. The van der Waals surface area contributed by atoms with Crippen molar-refractivity contribution in [3.63, 3.8) is 0 Å². The maximum atomic E-state index is 13.3. The van der Waals surface area contributed by atoms with Gasteiger partial charge in [-0.15, -0.1) is 0 Å². The summed E-state index contributed by atoms with van der Waals surface area (Å²) in [6, 6.07) is 5.08. The molecule has 0 saturated heterocycles. The topological polar surface area (TPSA) is 173 Å². The van der Waals surface area contributed by atoms with Gasteiger partial charge in [0.15, 0.2) is 0 Å². The quantitative estimate of drug-likeness (QED) is 0.216. The number of fused-ring (bicyclic) bond motifs is 1. The van der Waals surface area contributed by atoms with Crippen LogP contribution in [0.25, 0.3) is 0 Å². The summed E-state index contributed by atoms with van der Waals surface area (Å²) in [5.74, 6) is -1.22. The SMILES string of the molecule is NC=NC1CCC(C2CCCCC2(CC(=O)N[C@H]2Cc3cccc(C(=O)O)c3OB2O)N=CN)CC1. The molecule has 11 heteroatoms. The highest BCUT2D eigenvalue weighted by Crippen LogP contribution is 2.48. The molecule has 1 amide bonds. The van der Waals surface area contributed by atoms with Gasteiger partial charge in [-0.05, 0) is 68.4 Å². The van der Waals surface area contributed by atoms with Crippen LogP contribution in [0.5, 0.6) is 5.75 Å². The van der Waals surface area contributed by atoms with Crippen LogP contribution in [0.15, 0.2) is 28.2 Å². The zero-order valence-electron chi connectivity index (χ0n) is 20.5. The Balaban J connectivity index is 1.47. The average molecular weight is 497 g/mol. The van der Waals surface area contributed by atoms with Crippen LogP contribution in [0.1, 0.15) is 73.7 Å². The highest BCUT2D eigenvalue weighted by atomic mass is 16.5. The van der Waals surface area contributed by atoms with Crippen LogP contribution in [-0.2, 0) is 11.2 Å². The molecule has 0 spiro atoms. The molecule has 0 aromatic heterocycles. The minimum atomic E-state index is -1.35. The van der Waals surface area contributed by atoms with Crippen molar-refractivity contribution in [2.45, 2.75) is 81.7 Å². The summed E-state index contributed by atoms with van der Waals surface area (Å²) in [4.78, 5) is 33.9. The molecule has 3 atom stereocenters. The first-order chi connectivity index (χ1) is 17.4. The molecule has 1 heterocycles. The van der Waals surface area contributed by atoms with E-state index in [1.165, 1.54) is 18.7 Å². The molecule has 1 aromatic carbocycles. The third kappa shape index (κ3) is 5.51. The molecule has 4 rings (SSSR count). The number of rotatable bonds is 7. The second-order valence-corrected chi connectivity index (χ2v) is 10.3. The second-order valence-electron chi connectivity index (χ2n) is 10.3. The predicted molar refractivity (Wildman–Crippen MR) is 138 cm³/mol. The normalized spacial score (nSPS) is 30.6. The van der Waals surface area contributed by atoms with Crippen molar-refractivity contribution >= 4 is 31.7 Å². The molecule has 2 aliphatic carbocycles. The van der Waals surface area contributed by atoms with Gasteiger partial charge in [-0.2, -0.15) is 0 Å². The maximum absolute atomic E-state index is 13.3. The Labute approximate surface area is 211 Å². The first kappa shape index (κ1) is 26.0. The van der Waals surface area contributed by atoms with Crippen LogP contribution in [-0.4, -0.2) is 59.3 Å². The van der Waals surface area contributed by atoms with Crippen LogP contribution in [0, 0.1) is 11.8 Å². The number of amides is 1. The van der Waals surface area contributed by atoms with E-state index in [0.29, 0.717) is 11.5 Å². The molecular weight excluding hydrogens is 461 g/mol. The van der Waals surface area contributed by atoms with E-state index < -0.39 is 24.6 Å². The first-order valence-corrected chi connectivity index (χ1v) is 12.8. The summed E-state index contributed by atoms with van der Waals surface area (Å²) in [7, 11) is -1.35. The van der Waals surface area contributed by atoms with Gasteiger partial charge in [0.1, 0.15) is 5.75 Å². The van der Waals surface area contributed by atoms with E-state index in [0.717, 1.165) is 51.4 Å². The summed E-state index contributed by atoms with van der Waals surface area (Å²) < 4.78 is 5.54. The number of nitrogens with zero attached hydrogens (tertiary/aromatic N) is 2. The fraction of sp³-hybridized carbons (Fsp3) is 0.600. The fourth-order valence-corrected chi connectivity index (χ4v) is 6.52. The van der Waals surface area contributed by atoms with Crippen molar-refractivity contribution in [3.05, 3.63) is 29.3 Å². The van der Waals surface area contributed by atoms with Gasteiger partial charge in [-0.25, -0.2) is 4.79 Å². The molecule has 10 nitrogen and oxygen atoms in total. The lowest BCUT2D eigenvalue weighted by atomic mass is 9.62. The lowest BCUT2D eigenvalue weighted by Gasteiger charge is -2.46. The summed E-state index contributed by atoms with van der Waals surface area (Å²) in [6.07, 6.45) is 11.0. The molecule has 1 aliphatic heterocycles. The summed E-state index contributed by atoms with van der Waals surface area (Å²) in [5, 5.41) is 22.9. The van der Waals surface area contributed by atoms with Gasteiger partial charge in [0.25, 0.3) is 0 Å². The third-order valence-electron chi connectivity index (χ3n) is 8.17. The number of carboxylic acids is 1. The number of aliphatic imine (C=N–C) groups is 2. The van der Waals surface area contributed by atoms with E-state index in [2.05, 4.69) is 10.3 Å². The predicted octanol–water partition coefficient (Wildman–Crippen LogP) is 1.68. The monoisotopic (exact) mass is 497 g/mol. The summed E-state index contributed by atoms with van der Waals surface area (Å²) in [5.41, 5.74) is 11.3. The number of aromatic carboxylic acids is 1. The Bertz CT molecular complexity index is 1010. The second kappa shape index (κ2) is 11.3. The number of carbonyl (C=O) groups is 2. The Kier molecular flexibility index (Phi) is 8.18. The minimum Gasteiger partial charge on any atom is -0.534 e. The smallest absolute Gasteiger partial charge is 0.534 e. The maximum Gasteiger partial charge on any atom is 0.547 e. The van der Waals surface area contributed by atoms with Gasteiger partial charge in [0.2, 0.25) is 5.91 Å². The van der Waals surface area contributed by atoms with E-state index in [-0.39, 0.29) is 42.0 Å². The lowest BCUT2D eigenvalue weighted by Crippen LogP contribution is -2.55. The van der Waals surface area contributed by atoms with Crippen molar-refractivity contribution in [2.24, 2.45) is 33.3 Å². The molecule has 7 N–H and O–H groups in total. The molecule has 194 valence electrons. The molecule has 36 heavy (non-hydrogen) atoms. The van der Waals surface area contributed by atoms with Crippen LogP contribution >= 0.6 is 0 Å². The molecule has 1 aromatic rings. The van der Waals surface area contributed by atoms with Gasteiger partial charge in [0.05, 0.1) is 42.2 Å². The number of nitrogens with one attached hydrogen (secondary N) is 1. The lowest BCUT2D eigenvalue weighted by molar-refractivity contribution is -0.124. The largest absolute Gasteiger partial charge is 0.547 e. The van der Waals surface area contributed by atoms with Gasteiger partial charge >= 0.3 is 13.1 Å². The van der Waals surface area contributed by atoms with Gasteiger partial charge in [-0.3, -0.25) is 14.8 Å². The Morgan fingerprint density at radius 2 is 1.94 bits per heavy atom. The van der Waals surface area contributed by atoms with Crippen molar-refractivity contribution in [2.75, 3.05) is 0 Å². The minimum absolute atomic E-state index is 0.00974. The number of para-hydroxylation sites is 1. The van der Waals surface area contributed by atoms with Crippen molar-refractivity contribution < 1.29 is 24.4 Å². The molecular formula is C25H36BN5O5. The summed E-state index contributed by atoms with van der Waals surface area (Å²) in [6.45, 7) is 0. The highest BCUT2D eigenvalue weighted by Gasteiger charge is 2.47. The molecule has 3 aliphatic rings. The fourth-order valence-electron chi connectivity index (χ4n) is 6.52. The highest BCUT2D eigenvalue weighted by molar-refractivity contribution is 6.47. The zero-order chi connectivity index (χ0) is 25.7. The van der Waals surface area contributed by atoms with Crippen LogP contribution in [0.4, 0.5) is 0 Å². The van der Waals surface area contributed by atoms with E-state index in [1.54, 1.807) is 12.1 Å². The Morgan fingerprint density at radius 1 is 1.17 bits per heavy atom. The zero-order valence-corrected chi connectivity index (χ0v) is 20.5. The van der Waals surface area contributed by atoms with Crippen LogP contribution in [0.2, 0.25) is 0 Å². The van der Waals surface area contributed by atoms with E-state index in [9.17, 15) is 19.7 Å². The van der Waals surface area contributed by atoms with Crippen LogP contribution < -0.4 is 21.4 Å². The molecule has 0 radical (unpaired) electrons. The van der Waals surface area contributed by atoms with Crippen molar-refractivity contribution in [3.8, 4) is 5.75 Å². The van der Waals surface area contributed by atoms with E-state index in [4.69, 9.17) is 21.1 Å². The van der Waals surface area contributed by atoms with E-state index in [1.807, 2.05) is 0 Å². The number of carbonyl (C=O) groups excluding carboxylic acids is 1. The number of hydrogen-bond acceptors (Lipinski definition) is 6. The Hall–Kier alpha value is -3.08. The number of hydrogen-bond donors (Lipinski definition) is 5. The molecule has 2 saturated carbocycles. The van der Waals surface area contributed by atoms with Crippen molar-refractivity contribution in [1.82, 2.24) is 5.32 Å². The third-order valence-corrected chi connectivity index (χ3v) is 8.17. The number of nitrogens with two attached hydrogens (primary N) is 2. The van der Waals surface area contributed by atoms with Gasteiger partial charge in [0, 0.05) is 0 Å². The molecule has 0 bridgehead atoms. The van der Waals surface area contributed by atoms with Crippen molar-refractivity contribution in [1.29, 1.82) is 0 Å². The van der Waals surface area contributed by atoms with Crippen LogP contribution in [0.3, 0.4) is 0 Å². The standard InChI is InChI=1S/C25H36BN5O5/c27-14-29-18-9-7-16(8-10-18)20-6-1-2-11-25(20,30-15-28)13-22(32)31-21-12-17-4-3-5-19(24(33)34)23(17)36-26(21)35/h3-5,14-16,18,20-21,35H,1-2,6-13H2,(H2,27,29)(H2,28,30)(H,31,32)(H,33,34)/t16?,18?,20?,21-,25?/m0/s1.